The normalized spacial score (nSPS) is 15.3. The number of nitrogens with zero attached hydrogens (tertiary/aromatic N) is 3. The standard InChI is InChI=1S/C29H25Cl2N3O3S2/c1-4-33(5-2)28(36)25-17(3)32-29-34(26(25)18-6-8-19(30)9-7-18)27(35)23(39-29)16-21-12-15-24(37-21)38-22-13-10-20(31)11-14-22/h6-16,26H,4-5H2,1-3H3/b23-16+/t26-/m0/s1. The number of carbonyl (C=O) groups excluding carboxylic acids is 1. The first kappa shape index (κ1) is 27.5. The third-order valence-corrected chi connectivity index (χ3v) is 8.81. The average molecular weight is 599 g/mol. The lowest BCUT2D eigenvalue weighted by molar-refractivity contribution is -0.127. The summed E-state index contributed by atoms with van der Waals surface area (Å²) >= 11 is 14.9. The van der Waals surface area contributed by atoms with Gasteiger partial charge < -0.3 is 9.32 Å². The number of hydrogen-bond donors (Lipinski definition) is 0. The van der Waals surface area contributed by atoms with Crippen LogP contribution in [0.4, 0.5) is 0 Å². The molecule has 3 heterocycles. The summed E-state index contributed by atoms with van der Waals surface area (Å²) in [5.74, 6) is 0.417. The van der Waals surface area contributed by atoms with Crippen LogP contribution in [-0.2, 0) is 4.79 Å². The van der Waals surface area contributed by atoms with Gasteiger partial charge in [-0.25, -0.2) is 4.99 Å². The second kappa shape index (κ2) is 11.6. The number of furan rings is 1. The molecular formula is C29H25Cl2N3O3S2. The molecule has 0 fully saturated rings. The molecule has 0 aliphatic carbocycles. The topological polar surface area (TPSA) is 67.8 Å². The summed E-state index contributed by atoms with van der Waals surface area (Å²) in [6, 6.07) is 17.8. The molecule has 0 saturated carbocycles. The van der Waals surface area contributed by atoms with E-state index in [9.17, 15) is 9.59 Å². The predicted molar refractivity (Wildman–Crippen MR) is 157 cm³/mol. The van der Waals surface area contributed by atoms with Crippen LogP contribution in [0.2, 0.25) is 10.0 Å². The van der Waals surface area contributed by atoms with Crippen molar-refractivity contribution in [3.8, 4) is 0 Å². The molecule has 0 spiro atoms. The quantitative estimate of drug-likeness (QED) is 0.256. The van der Waals surface area contributed by atoms with Gasteiger partial charge in [0.2, 0.25) is 0 Å². The van der Waals surface area contributed by atoms with Crippen LogP contribution in [0.1, 0.15) is 38.1 Å². The Labute approximate surface area is 243 Å². The van der Waals surface area contributed by atoms with Crippen LogP contribution in [0.25, 0.3) is 6.08 Å². The molecule has 0 N–H and O–H groups in total. The van der Waals surface area contributed by atoms with Crippen LogP contribution in [0.15, 0.2) is 96.1 Å². The highest BCUT2D eigenvalue weighted by atomic mass is 35.5. The predicted octanol–water partition coefficient (Wildman–Crippen LogP) is 6.15. The lowest BCUT2D eigenvalue weighted by Gasteiger charge is -2.29. The van der Waals surface area contributed by atoms with Gasteiger partial charge in [0.05, 0.1) is 21.8 Å². The minimum absolute atomic E-state index is 0.134. The van der Waals surface area contributed by atoms with Crippen molar-refractivity contribution in [2.75, 3.05) is 13.1 Å². The fourth-order valence-corrected chi connectivity index (χ4v) is 6.51. The minimum atomic E-state index is -0.624. The SMILES string of the molecule is CCN(CC)C(=O)C1=C(C)N=c2s/c(=C/c3ccc(Sc4ccc(Cl)cc4)o3)c(=O)n2[C@H]1c1ccc(Cl)cc1. The number of amides is 1. The molecule has 1 atom stereocenters. The van der Waals surface area contributed by atoms with E-state index in [2.05, 4.69) is 0 Å². The molecule has 1 amide bonds. The van der Waals surface area contributed by atoms with Crippen LogP contribution in [-0.4, -0.2) is 28.5 Å². The van der Waals surface area contributed by atoms with Crippen LogP contribution in [0.5, 0.6) is 0 Å². The van der Waals surface area contributed by atoms with Gasteiger partial charge in [0.25, 0.3) is 11.5 Å². The van der Waals surface area contributed by atoms with Crippen molar-refractivity contribution >= 4 is 58.3 Å². The number of benzene rings is 2. The van der Waals surface area contributed by atoms with Gasteiger partial charge in [-0.3, -0.25) is 14.2 Å². The summed E-state index contributed by atoms with van der Waals surface area (Å²) in [5.41, 5.74) is 1.63. The highest BCUT2D eigenvalue weighted by molar-refractivity contribution is 7.99. The number of likely N-dealkylation sites (N-methyl/N-ethyl adjacent to an activating group) is 1. The lowest BCUT2D eigenvalue weighted by atomic mass is 9.94. The molecule has 10 heteroatoms. The molecule has 1 aliphatic heterocycles. The van der Waals surface area contributed by atoms with Crippen LogP contribution >= 0.6 is 46.3 Å². The van der Waals surface area contributed by atoms with Crippen LogP contribution in [0.3, 0.4) is 0 Å². The summed E-state index contributed by atoms with van der Waals surface area (Å²) in [6.07, 6.45) is 1.72. The molecule has 6 nitrogen and oxygen atoms in total. The zero-order valence-corrected chi connectivity index (χ0v) is 24.6. The third kappa shape index (κ3) is 5.65. The van der Waals surface area contributed by atoms with E-state index in [0.29, 0.717) is 54.6 Å². The molecule has 2 aromatic carbocycles. The number of hydrogen-bond acceptors (Lipinski definition) is 6. The molecule has 5 rings (SSSR count). The number of aromatic nitrogens is 1. The number of halogens is 2. The van der Waals surface area contributed by atoms with E-state index < -0.39 is 6.04 Å². The van der Waals surface area contributed by atoms with E-state index in [-0.39, 0.29) is 11.5 Å². The minimum Gasteiger partial charge on any atom is -0.450 e. The second-order valence-electron chi connectivity index (χ2n) is 8.82. The van der Waals surface area contributed by atoms with Gasteiger partial charge in [-0.15, -0.1) is 0 Å². The van der Waals surface area contributed by atoms with Gasteiger partial charge in [0.1, 0.15) is 5.76 Å². The number of fused-ring (bicyclic) bond motifs is 1. The Bertz CT molecular complexity index is 1730. The van der Waals surface area contributed by atoms with Crippen molar-refractivity contribution in [3.63, 3.8) is 0 Å². The second-order valence-corrected chi connectivity index (χ2v) is 11.8. The summed E-state index contributed by atoms with van der Waals surface area (Å²) in [5, 5.41) is 1.94. The van der Waals surface area contributed by atoms with Crippen molar-refractivity contribution in [2.45, 2.75) is 36.8 Å². The summed E-state index contributed by atoms with van der Waals surface area (Å²) in [4.78, 5) is 35.5. The molecule has 0 saturated heterocycles. The van der Waals surface area contributed by atoms with Gasteiger partial charge in [-0.1, -0.05) is 58.4 Å². The highest BCUT2D eigenvalue weighted by Gasteiger charge is 2.34. The average Bonchev–Trinajstić information content (AvgIpc) is 3.49. The number of allylic oxidation sites excluding steroid dienone is 1. The number of rotatable bonds is 7. The maximum absolute atomic E-state index is 13.8. The van der Waals surface area contributed by atoms with E-state index >= 15 is 0 Å². The summed E-state index contributed by atoms with van der Waals surface area (Å²) in [6.45, 7) is 6.81. The maximum Gasteiger partial charge on any atom is 0.271 e. The fraction of sp³-hybridized carbons (Fsp3) is 0.207. The maximum atomic E-state index is 13.8. The van der Waals surface area contributed by atoms with Crippen molar-refractivity contribution in [3.05, 3.63) is 113 Å². The molecule has 0 bridgehead atoms. The van der Waals surface area contributed by atoms with Gasteiger partial charge in [0, 0.05) is 34.1 Å². The Morgan fingerprint density at radius 2 is 1.69 bits per heavy atom. The molecule has 39 heavy (non-hydrogen) atoms. The van der Waals surface area contributed by atoms with Gasteiger partial charge >= 0.3 is 0 Å². The zero-order chi connectivity index (χ0) is 27.7. The molecule has 200 valence electrons. The third-order valence-electron chi connectivity index (χ3n) is 6.40. The van der Waals surface area contributed by atoms with E-state index in [1.54, 1.807) is 27.7 Å². The van der Waals surface area contributed by atoms with Crippen molar-refractivity contribution in [1.29, 1.82) is 0 Å². The Morgan fingerprint density at radius 1 is 1.05 bits per heavy atom. The Kier molecular flexibility index (Phi) is 8.19. The van der Waals surface area contributed by atoms with Crippen molar-refractivity contribution in [2.24, 2.45) is 4.99 Å². The first-order valence-corrected chi connectivity index (χ1v) is 14.8. The molecule has 2 aromatic heterocycles. The molecule has 0 radical (unpaired) electrons. The van der Waals surface area contributed by atoms with E-state index in [4.69, 9.17) is 32.6 Å². The Morgan fingerprint density at radius 3 is 2.33 bits per heavy atom. The molecule has 1 aliphatic rings. The number of thiazole rings is 1. The Hall–Kier alpha value is -3.04. The molecule has 4 aromatic rings. The van der Waals surface area contributed by atoms with Gasteiger partial charge in [-0.2, -0.15) is 0 Å². The highest BCUT2D eigenvalue weighted by Crippen LogP contribution is 2.32. The van der Waals surface area contributed by atoms with E-state index in [0.717, 1.165) is 10.5 Å². The van der Waals surface area contributed by atoms with Gasteiger partial charge in [0.15, 0.2) is 9.89 Å². The monoisotopic (exact) mass is 597 g/mol. The smallest absolute Gasteiger partial charge is 0.271 e. The first-order chi connectivity index (χ1) is 18.8. The summed E-state index contributed by atoms with van der Waals surface area (Å²) < 4.78 is 8.06. The summed E-state index contributed by atoms with van der Waals surface area (Å²) in [7, 11) is 0. The molecular weight excluding hydrogens is 573 g/mol. The van der Waals surface area contributed by atoms with E-state index in [1.807, 2.05) is 69.3 Å². The van der Waals surface area contributed by atoms with Gasteiger partial charge in [-0.05, 0) is 74.9 Å². The molecule has 0 unspecified atom stereocenters. The van der Waals surface area contributed by atoms with E-state index in [1.165, 1.54) is 23.1 Å². The van der Waals surface area contributed by atoms with Crippen molar-refractivity contribution < 1.29 is 9.21 Å². The van der Waals surface area contributed by atoms with Crippen molar-refractivity contribution in [1.82, 2.24) is 9.47 Å². The number of carbonyl (C=O) groups is 1. The lowest BCUT2D eigenvalue weighted by Crippen LogP contribution is -2.43. The largest absolute Gasteiger partial charge is 0.450 e. The first-order valence-electron chi connectivity index (χ1n) is 12.4. The fourth-order valence-electron chi connectivity index (χ4n) is 4.45. The zero-order valence-electron chi connectivity index (χ0n) is 21.5. The Balaban J connectivity index is 1.58. The van der Waals surface area contributed by atoms with Crippen LogP contribution in [0, 0.1) is 0 Å². The van der Waals surface area contributed by atoms with Crippen LogP contribution < -0.4 is 14.9 Å².